The van der Waals surface area contributed by atoms with E-state index in [1.807, 2.05) is 0 Å². The molecule has 0 saturated carbocycles. The third-order valence-corrected chi connectivity index (χ3v) is 2.55. The monoisotopic (exact) mass is 174 g/mol. The van der Waals surface area contributed by atoms with Crippen molar-refractivity contribution in [2.75, 3.05) is 0 Å². The highest BCUT2D eigenvalue weighted by Gasteiger charge is 1.96. The molecule has 0 heterocycles. The fourth-order valence-electron chi connectivity index (χ4n) is 1.34. The lowest BCUT2D eigenvalue weighted by molar-refractivity contribution is 1.12. The van der Waals surface area contributed by atoms with Crippen LogP contribution in [0.25, 0.3) is 0 Å². The third-order valence-electron chi connectivity index (χ3n) is 2.55. The first-order chi connectivity index (χ1) is 6.13. The van der Waals surface area contributed by atoms with Crippen LogP contribution in [0.4, 0.5) is 0 Å². The summed E-state index contributed by atoms with van der Waals surface area (Å²) < 4.78 is 0. The maximum absolute atomic E-state index is 2.28. The predicted molar refractivity (Wildman–Crippen MR) is 59.1 cm³/mol. The molecular weight excluding hydrogens is 156 g/mol. The molecule has 0 radical (unpaired) electrons. The van der Waals surface area contributed by atoms with Crippen molar-refractivity contribution < 1.29 is 0 Å². The summed E-state index contributed by atoms with van der Waals surface area (Å²) in [6.07, 6.45) is 3.26. The Morgan fingerprint density at radius 3 is 2.46 bits per heavy atom. The summed E-state index contributed by atoms with van der Waals surface area (Å²) >= 11 is 0. The van der Waals surface area contributed by atoms with Crippen molar-refractivity contribution in [3.05, 3.63) is 46.5 Å². The Morgan fingerprint density at radius 1 is 1.23 bits per heavy atom. The van der Waals surface area contributed by atoms with E-state index in [-0.39, 0.29) is 0 Å². The molecular formula is C13H18. The average Bonchev–Trinajstić information content (AvgIpc) is 2.11. The highest BCUT2D eigenvalue weighted by Crippen LogP contribution is 2.13. The number of rotatable bonds is 2. The summed E-state index contributed by atoms with van der Waals surface area (Å²) in [4.78, 5) is 0. The number of allylic oxidation sites excluding steroid dienone is 2. The van der Waals surface area contributed by atoms with Crippen molar-refractivity contribution in [1.29, 1.82) is 0 Å². The molecule has 0 aromatic heterocycles. The summed E-state index contributed by atoms with van der Waals surface area (Å²) in [5, 5.41) is 0. The largest absolute Gasteiger partial charge is 0.0884 e. The van der Waals surface area contributed by atoms with Gasteiger partial charge in [0.05, 0.1) is 0 Å². The fourth-order valence-corrected chi connectivity index (χ4v) is 1.34. The molecule has 0 spiro atoms. The maximum Gasteiger partial charge on any atom is -0.00699 e. The second kappa shape index (κ2) is 4.27. The zero-order chi connectivity index (χ0) is 9.84. The van der Waals surface area contributed by atoms with Crippen LogP contribution < -0.4 is 0 Å². The second-order valence-corrected chi connectivity index (χ2v) is 3.73. The first kappa shape index (κ1) is 10.0. The molecule has 0 atom stereocenters. The van der Waals surface area contributed by atoms with E-state index in [1.165, 1.54) is 22.3 Å². The molecule has 70 valence electrons. The van der Waals surface area contributed by atoms with Gasteiger partial charge in [0.2, 0.25) is 0 Å². The first-order valence-corrected chi connectivity index (χ1v) is 4.81. The van der Waals surface area contributed by atoms with Gasteiger partial charge in [0.15, 0.2) is 0 Å². The van der Waals surface area contributed by atoms with Crippen molar-refractivity contribution in [2.24, 2.45) is 0 Å². The van der Waals surface area contributed by atoms with Crippen LogP contribution in [-0.2, 0) is 6.42 Å². The normalized spacial score (nSPS) is 11.8. The number of benzene rings is 1. The highest BCUT2D eigenvalue weighted by molar-refractivity contribution is 5.31. The van der Waals surface area contributed by atoms with Crippen molar-refractivity contribution in [2.45, 2.75) is 34.1 Å². The molecule has 13 heavy (non-hydrogen) atoms. The minimum Gasteiger partial charge on any atom is -0.0884 e. The van der Waals surface area contributed by atoms with Gasteiger partial charge in [0, 0.05) is 0 Å². The van der Waals surface area contributed by atoms with E-state index in [9.17, 15) is 0 Å². The lowest BCUT2D eigenvalue weighted by Crippen LogP contribution is -1.89. The van der Waals surface area contributed by atoms with Crippen LogP contribution in [0.15, 0.2) is 29.8 Å². The highest BCUT2D eigenvalue weighted by atomic mass is 14.0. The smallest absolute Gasteiger partial charge is 0.00699 e. The zero-order valence-corrected chi connectivity index (χ0v) is 9.02. The van der Waals surface area contributed by atoms with Crippen LogP contribution >= 0.6 is 0 Å². The van der Waals surface area contributed by atoms with Gasteiger partial charge in [0.1, 0.15) is 0 Å². The van der Waals surface area contributed by atoms with Crippen molar-refractivity contribution in [3.8, 4) is 0 Å². The minimum atomic E-state index is 1.08. The summed E-state index contributed by atoms with van der Waals surface area (Å²) in [5.41, 5.74) is 5.62. The molecule has 0 unspecified atom stereocenters. The maximum atomic E-state index is 2.28. The molecule has 0 aliphatic heterocycles. The van der Waals surface area contributed by atoms with Gasteiger partial charge in [0.25, 0.3) is 0 Å². The van der Waals surface area contributed by atoms with Gasteiger partial charge in [-0.1, -0.05) is 29.8 Å². The number of hydrogen-bond acceptors (Lipinski definition) is 0. The third kappa shape index (κ3) is 2.73. The van der Waals surface area contributed by atoms with E-state index in [4.69, 9.17) is 0 Å². The summed E-state index contributed by atoms with van der Waals surface area (Å²) in [6.45, 7) is 8.59. The Labute approximate surface area is 81.3 Å². The van der Waals surface area contributed by atoms with Gasteiger partial charge in [-0.2, -0.15) is 0 Å². The van der Waals surface area contributed by atoms with Gasteiger partial charge in [-0.15, -0.1) is 0 Å². The van der Waals surface area contributed by atoms with Crippen LogP contribution in [0.5, 0.6) is 0 Å². The Kier molecular flexibility index (Phi) is 3.30. The topological polar surface area (TPSA) is 0 Å². The Morgan fingerprint density at radius 2 is 1.92 bits per heavy atom. The lowest BCUT2D eigenvalue weighted by atomic mass is 10.0. The fraction of sp³-hybridized carbons (Fsp3) is 0.385. The van der Waals surface area contributed by atoms with E-state index in [2.05, 4.69) is 52.0 Å². The molecule has 0 aliphatic rings. The van der Waals surface area contributed by atoms with Crippen LogP contribution in [0.3, 0.4) is 0 Å². The molecule has 1 aromatic rings. The molecule has 0 saturated heterocycles. The number of aryl methyl sites for hydroxylation is 2. The quantitative estimate of drug-likeness (QED) is 0.598. The first-order valence-electron chi connectivity index (χ1n) is 4.81. The van der Waals surface area contributed by atoms with Crippen molar-refractivity contribution in [1.82, 2.24) is 0 Å². The Balaban J connectivity index is 2.86. The van der Waals surface area contributed by atoms with Crippen molar-refractivity contribution in [3.63, 3.8) is 0 Å². The molecule has 1 rings (SSSR count). The molecule has 0 heteroatoms. The minimum absolute atomic E-state index is 1.08. The standard InChI is InChI=1S/C13H18/c1-5-10(2)8-13-7-6-11(3)12(4)9-13/h5-7,9H,8H2,1-4H3/b10-5+. The summed E-state index contributed by atoms with van der Waals surface area (Å²) in [7, 11) is 0. The van der Waals surface area contributed by atoms with Gasteiger partial charge < -0.3 is 0 Å². The number of hydrogen-bond donors (Lipinski definition) is 0. The molecule has 0 fully saturated rings. The van der Waals surface area contributed by atoms with Crippen LogP contribution in [0, 0.1) is 13.8 Å². The zero-order valence-electron chi connectivity index (χ0n) is 9.02. The molecule has 0 bridgehead atoms. The average molecular weight is 174 g/mol. The Hall–Kier alpha value is -1.04. The van der Waals surface area contributed by atoms with Gasteiger partial charge in [-0.3, -0.25) is 0 Å². The van der Waals surface area contributed by atoms with Crippen molar-refractivity contribution >= 4 is 0 Å². The van der Waals surface area contributed by atoms with Gasteiger partial charge >= 0.3 is 0 Å². The SMILES string of the molecule is C/C=C(\C)Cc1ccc(C)c(C)c1. The second-order valence-electron chi connectivity index (χ2n) is 3.73. The predicted octanol–water partition coefficient (Wildman–Crippen LogP) is 3.81. The van der Waals surface area contributed by atoms with Crippen LogP contribution in [0.1, 0.15) is 30.5 Å². The molecule has 0 N–H and O–H groups in total. The van der Waals surface area contributed by atoms with E-state index in [0.717, 1.165) is 6.42 Å². The van der Waals surface area contributed by atoms with E-state index >= 15 is 0 Å². The summed E-state index contributed by atoms with van der Waals surface area (Å²) in [5.74, 6) is 0. The van der Waals surface area contributed by atoms with E-state index in [0.29, 0.717) is 0 Å². The molecule has 1 aromatic carbocycles. The lowest BCUT2D eigenvalue weighted by Gasteiger charge is -2.05. The van der Waals surface area contributed by atoms with Crippen LogP contribution in [0.2, 0.25) is 0 Å². The van der Waals surface area contributed by atoms with E-state index < -0.39 is 0 Å². The Bertz CT molecular complexity index is 319. The molecule has 0 aliphatic carbocycles. The molecule has 0 nitrogen and oxygen atoms in total. The van der Waals surface area contributed by atoms with Gasteiger partial charge in [-0.05, 0) is 50.8 Å². The van der Waals surface area contributed by atoms with Crippen LogP contribution in [-0.4, -0.2) is 0 Å². The summed E-state index contributed by atoms with van der Waals surface area (Å²) in [6, 6.07) is 6.70. The van der Waals surface area contributed by atoms with Gasteiger partial charge in [-0.25, -0.2) is 0 Å². The van der Waals surface area contributed by atoms with E-state index in [1.54, 1.807) is 0 Å². The molecule has 0 amide bonds.